The number of aromatic nitrogens is 2. The summed E-state index contributed by atoms with van der Waals surface area (Å²) in [4.78, 5) is 17.3. The highest BCUT2D eigenvalue weighted by Crippen LogP contribution is 2.28. The number of aryl methyl sites for hydroxylation is 1. The Hall–Kier alpha value is -2.05. The molecule has 0 amide bonds. The van der Waals surface area contributed by atoms with Crippen LogP contribution in [-0.4, -0.2) is 16.7 Å². The van der Waals surface area contributed by atoms with E-state index in [4.69, 9.17) is 4.74 Å². The molecule has 0 aliphatic rings. The van der Waals surface area contributed by atoms with Gasteiger partial charge >= 0.3 is 0 Å². The predicted octanol–water partition coefficient (Wildman–Crippen LogP) is 4.25. The SMILES string of the molecule is C=CCn1c(SCc2cc(C)ccc2OC)nc2ccsc2c1=O. The molecule has 2 aromatic heterocycles. The third-order valence-electron chi connectivity index (χ3n) is 3.64. The molecule has 0 radical (unpaired) electrons. The maximum Gasteiger partial charge on any atom is 0.272 e. The first-order valence-corrected chi connectivity index (χ1v) is 9.36. The number of benzene rings is 1. The van der Waals surface area contributed by atoms with Gasteiger partial charge in [0.2, 0.25) is 0 Å². The molecule has 0 atom stereocenters. The Morgan fingerprint density at radius 2 is 2.25 bits per heavy atom. The average molecular weight is 358 g/mol. The number of rotatable bonds is 6. The minimum absolute atomic E-state index is 0.00592. The largest absolute Gasteiger partial charge is 0.496 e. The van der Waals surface area contributed by atoms with Crippen LogP contribution in [0.5, 0.6) is 5.75 Å². The number of nitrogens with zero attached hydrogens (tertiary/aromatic N) is 2. The highest BCUT2D eigenvalue weighted by Gasteiger charge is 2.13. The molecule has 3 rings (SSSR count). The summed E-state index contributed by atoms with van der Waals surface area (Å²) < 4.78 is 7.80. The van der Waals surface area contributed by atoms with E-state index in [9.17, 15) is 4.79 Å². The number of allylic oxidation sites excluding steroid dienone is 1. The summed E-state index contributed by atoms with van der Waals surface area (Å²) in [6, 6.07) is 7.98. The van der Waals surface area contributed by atoms with Crippen molar-refractivity contribution in [3.63, 3.8) is 0 Å². The monoisotopic (exact) mass is 358 g/mol. The lowest BCUT2D eigenvalue weighted by molar-refractivity contribution is 0.411. The third-order valence-corrected chi connectivity index (χ3v) is 5.55. The van der Waals surface area contributed by atoms with Crippen LogP contribution < -0.4 is 10.3 Å². The number of methoxy groups -OCH3 is 1. The summed E-state index contributed by atoms with van der Waals surface area (Å²) in [5.74, 6) is 1.53. The van der Waals surface area contributed by atoms with Crippen molar-refractivity contribution in [2.45, 2.75) is 24.4 Å². The van der Waals surface area contributed by atoms with Gasteiger partial charge in [0.05, 0.1) is 12.6 Å². The Kier molecular flexibility index (Phi) is 5.06. The summed E-state index contributed by atoms with van der Waals surface area (Å²) >= 11 is 2.97. The van der Waals surface area contributed by atoms with Gasteiger partial charge in [0, 0.05) is 17.9 Å². The van der Waals surface area contributed by atoms with Crippen molar-refractivity contribution in [2.24, 2.45) is 0 Å². The molecule has 124 valence electrons. The van der Waals surface area contributed by atoms with Gasteiger partial charge in [-0.15, -0.1) is 17.9 Å². The molecule has 0 saturated heterocycles. The maximum absolute atomic E-state index is 12.6. The second-order valence-corrected chi connectivity index (χ2v) is 7.20. The van der Waals surface area contributed by atoms with Gasteiger partial charge in [0.1, 0.15) is 10.4 Å². The number of thiophene rings is 1. The topological polar surface area (TPSA) is 44.1 Å². The quantitative estimate of drug-likeness (QED) is 0.375. The smallest absolute Gasteiger partial charge is 0.272 e. The van der Waals surface area contributed by atoms with E-state index in [1.807, 2.05) is 23.6 Å². The number of fused-ring (bicyclic) bond motifs is 1. The van der Waals surface area contributed by atoms with Gasteiger partial charge in [-0.25, -0.2) is 4.98 Å². The number of ether oxygens (including phenoxy) is 1. The zero-order valence-electron chi connectivity index (χ0n) is 13.6. The van der Waals surface area contributed by atoms with Crippen LogP contribution in [0.25, 0.3) is 10.2 Å². The van der Waals surface area contributed by atoms with Gasteiger partial charge in [0.15, 0.2) is 5.16 Å². The second-order valence-electron chi connectivity index (χ2n) is 5.34. The molecule has 0 saturated carbocycles. The van der Waals surface area contributed by atoms with E-state index >= 15 is 0 Å². The molecule has 2 heterocycles. The summed E-state index contributed by atoms with van der Waals surface area (Å²) in [5.41, 5.74) is 3.01. The zero-order chi connectivity index (χ0) is 17.1. The molecule has 0 spiro atoms. The molecule has 0 N–H and O–H groups in total. The van der Waals surface area contributed by atoms with Gasteiger partial charge in [-0.05, 0) is 24.4 Å². The predicted molar refractivity (Wildman–Crippen MR) is 101 cm³/mol. The fourth-order valence-corrected chi connectivity index (χ4v) is 4.25. The van der Waals surface area contributed by atoms with Gasteiger partial charge in [-0.1, -0.05) is 35.5 Å². The van der Waals surface area contributed by atoms with Crippen LogP contribution in [-0.2, 0) is 12.3 Å². The van der Waals surface area contributed by atoms with E-state index in [1.165, 1.54) is 28.7 Å². The minimum atomic E-state index is -0.00592. The van der Waals surface area contributed by atoms with Crippen LogP contribution in [0.15, 0.2) is 52.3 Å². The highest BCUT2D eigenvalue weighted by molar-refractivity contribution is 7.98. The van der Waals surface area contributed by atoms with E-state index in [2.05, 4.69) is 24.6 Å². The molecule has 6 heteroatoms. The summed E-state index contributed by atoms with van der Waals surface area (Å²) in [7, 11) is 1.67. The van der Waals surface area contributed by atoms with E-state index in [0.29, 0.717) is 22.2 Å². The first-order valence-electron chi connectivity index (χ1n) is 7.49. The Bertz CT molecular complexity index is 944. The van der Waals surface area contributed by atoms with Gasteiger partial charge in [0.25, 0.3) is 5.56 Å². The molecule has 0 aliphatic carbocycles. The second kappa shape index (κ2) is 7.23. The molecule has 0 unspecified atom stereocenters. The maximum atomic E-state index is 12.6. The van der Waals surface area contributed by atoms with Crippen molar-refractivity contribution >= 4 is 33.3 Å². The number of hydrogen-bond donors (Lipinski definition) is 0. The third kappa shape index (κ3) is 3.25. The normalized spacial score (nSPS) is 10.9. The lowest BCUT2D eigenvalue weighted by Crippen LogP contribution is -2.21. The number of thioether (sulfide) groups is 1. The molecule has 0 aliphatic heterocycles. The van der Waals surface area contributed by atoms with Crippen molar-refractivity contribution in [3.05, 3.63) is 63.8 Å². The first kappa shape index (κ1) is 16.8. The molecular weight excluding hydrogens is 340 g/mol. The zero-order valence-corrected chi connectivity index (χ0v) is 15.2. The lowest BCUT2D eigenvalue weighted by atomic mass is 10.1. The van der Waals surface area contributed by atoms with Gasteiger partial charge in [-0.2, -0.15) is 0 Å². The molecule has 3 aromatic rings. The fraction of sp³-hybridized carbons (Fsp3) is 0.222. The van der Waals surface area contributed by atoms with E-state index in [0.717, 1.165) is 16.8 Å². The van der Waals surface area contributed by atoms with E-state index in [1.54, 1.807) is 17.8 Å². The van der Waals surface area contributed by atoms with Crippen molar-refractivity contribution in [2.75, 3.05) is 7.11 Å². The van der Waals surface area contributed by atoms with Crippen LogP contribution in [0.1, 0.15) is 11.1 Å². The molecular formula is C18H18N2O2S2. The Morgan fingerprint density at radius 1 is 1.42 bits per heavy atom. The van der Waals surface area contributed by atoms with Crippen molar-refractivity contribution in [1.29, 1.82) is 0 Å². The summed E-state index contributed by atoms with van der Waals surface area (Å²) in [6.07, 6.45) is 1.72. The van der Waals surface area contributed by atoms with E-state index < -0.39 is 0 Å². The summed E-state index contributed by atoms with van der Waals surface area (Å²) in [6.45, 7) is 6.25. The van der Waals surface area contributed by atoms with Crippen LogP contribution in [0.2, 0.25) is 0 Å². The van der Waals surface area contributed by atoms with Gasteiger partial charge < -0.3 is 4.74 Å². The van der Waals surface area contributed by atoms with Crippen LogP contribution in [0.4, 0.5) is 0 Å². The molecule has 0 fully saturated rings. The standard InChI is InChI=1S/C18H18N2O2S2/c1-4-8-20-17(21)16-14(7-9-23-16)19-18(20)24-11-13-10-12(2)5-6-15(13)22-3/h4-7,9-10H,1,8,11H2,2-3H3. The fourth-order valence-electron chi connectivity index (χ4n) is 2.49. The minimum Gasteiger partial charge on any atom is -0.496 e. The highest BCUT2D eigenvalue weighted by atomic mass is 32.2. The van der Waals surface area contributed by atoms with Crippen LogP contribution in [0, 0.1) is 6.92 Å². The van der Waals surface area contributed by atoms with E-state index in [-0.39, 0.29) is 5.56 Å². The first-order chi connectivity index (χ1) is 11.6. The molecule has 1 aromatic carbocycles. The van der Waals surface area contributed by atoms with Crippen molar-refractivity contribution in [1.82, 2.24) is 9.55 Å². The number of hydrogen-bond acceptors (Lipinski definition) is 5. The summed E-state index contributed by atoms with van der Waals surface area (Å²) in [5, 5.41) is 2.60. The Balaban J connectivity index is 1.98. The van der Waals surface area contributed by atoms with Crippen LogP contribution >= 0.6 is 23.1 Å². The Morgan fingerprint density at radius 3 is 3.00 bits per heavy atom. The lowest BCUT2D eigenvalue weighted by Gasteiger charge is -2.12. The molecule has 24 heavy (non-hydrogen) atoms. The Labute approximate surface area is 148 Å². The average Bonchev–Trinajstić information content (AvgIpc) is 3.05. The van der Waals surface area contributed by atoms with Crippen molar-refractivity contribution < 1.29 is 4.74 Å². The van der Waals surface area contributed by atoms with Crippen LogP contribution in [0.3, 0.4) is 0 Å². The molecule has 0 bridgehead atoms. The van der Waals surface area contributed by atoms with Gasteiger partial charge in [-0.3, -0.25) is 9.36 Å². The van der Waals surface area contributed by atoms with Crippen molar-refractivity contribution in [3.8, 4) is 5.75 Å². The molecule has 4 nitrogen and oxygen atoms in total.